The molecule has 0 unspecified atom stereocenters. The molecular weight excluding hydrogens is 424 g/mol. The van der Waals surface area contributed by atoms with Gasteiger partial charge in [0.2, 0.25) is 11.8 Å². The summed E-state index contributed by atoms with van der Waals surface area (Å²) in [6, 6.07) is 15.7. The molecule has 0 aromatic heterocycles. The summed E-state index contributed by atoms with van der Waals surface area (Å²) in [7, 11) is 0. The van der Waals surface area contributed by atoms with Gasteiger partial charge in [-0.25, -0.2) is 0 Å². The van der Waals surface area contributed by atoms with Crippen molar-refractivity contribution < 1.29 is 9.59 Å². The first kappa shape index (κ1) is 22.6. The van der Waals surface area contributed by atoms with Gasteiger partial charge in [-0.05, 0) is 37.1 Å². The van der Waals surface area contributed by atoms with Gasteiger partial charge < -0.3 is 15.1 Å². The molecule has 0 aliphatic carbocycles. The molecule has 0 saturated carbocycles. The number of rotatable bonds is 7. The van der Waals surface area contributed by atoms with Gasteiger partial charge in [0.15, 0.2) is 0 Å². The summed E-state index contributed by atoms with van der Waals surface area (Å²) < 4.78 is 0. The SMILES string of the molecule is Cc1ccc(CN2C(=O)CC[C@H]2C(=O)NCCN2CCN(c3cccc(Cl)c3)CC2)cc1. The van der Waals surface area contributed by atoms with Crippen LogP contribution in [0.25, 0.3) is 0 Å². The monoisotopic (exact) mass is 454 g/mol. The second kappa shape index (κ2) is 10.4. The van der Waals surface area contributed by atoms with Crippen LogP contribution in [-0.4, -0.2) is 66.9 Å². The zero-order chi connectivity index (χ0) is 22.5. The lowest BCUT2D eigenvalue weighted by molar-refractivity contribution is -0.135. The van der Waals surface area contributed by atoms with Gasteiger partial charge in [0.05, 0.1) is 0 Å². The molecule has 4 rings (SSSR count). The second-order valence-corrected chi connectivity index (χ2v) is 9.10. The first-order chi connectivity index (χ1) is 15.5. The van der Waals surface area contributed by atoms with Crippen LogP contribution in [0, 0.1) is 6.92 Å². The van der Waals surface area contributed by atoms with Crippen LogP contribution in [0.1, 0.15) is 24.0 Å². The van der Waals surface area contributed by atoms with Crippen molar-refractivity contribution in [1.82, 2.24) is 15.1 Å². The molecule has 2 fully saturated rings. The van der Waals surface area contributed by atoms with Crippen molar-refractivity contribution in [2.45, 2.75) is 32.4 Å². The third-order valence-corrected chi connectivity index (χ3v) is 6.61. The number of carbonyl (C=O) groups excluding carboxylic acids is 2. The molecule has 2 amide bonds. The number of nitrogens with zero attached hydrogens (tertiary/aromatic N) is 3. The molecule has 0 bridgehead atoms. The Hall–Kier alpha value is -2.57. The van der Waals surface area contributed by atoms with E-state index in [2.05, 4.69) is 21.2 Å². The van der Waals surface area contributed by atoms with Crippen LogP contribution < -0.4 is 10.2 Å². The number of amides is 2. The van der Waals surface area contributed by atoms with E-state index in [1.165, 1.54) is 5.56 Å². The van der Waals surface area contributed by atoms with Crippen LogP contribution in [0.5, 0.6) is 0 Å². The smallest absolute Gasteiger partial charge is 0.242 e. The molecule has 6 nitrogen and oxygen atoms in total. The van der Waals surface area contributed by atoms with E-state index in [1.54, 1.807) is 4.90 Å². The standard InChI is InChI=1S/C25H31ClN4O2/c1-19-5-7-20(8-6-19)18-30-23(9-10-24(30)31)25(32)27-11-12-28-13-15-29(16-14-28)22-4-2-3-21(26)17-22/h2-8,17,23H,9-16,18H2,1H3,(H,27,32)/t23-/m0/s1. The largest absolute Gasteiger partial charge is 0.369 e. The number of hydrogen-bond donors (Lipinski definition) is 1. The van der Waals surface area contributed by atoms with Crippen molar-refractivity contribution in [3.8, 4) is 0 Å². The molecule has 2 aromatic carbocycles. The number of likely N-dealkylation sites (tertiary alicyclic amines) is 1. The van der Waals surface area contributed by atoms with Gasteiger partial charge in [0.25, 0.3) is 0 Å². The second-order valence-electron chi connectivity index (χ2n) is 8.66. The fraction of sp³-hybridized carbons (Fsp3) is 0.440. The van der Waals surface area contributed by atoms with Gasteiger partial charge in [-0.3, -0.25) is 14.5 Å². The van der Waals surface area contributed by atoms with Gasteiger partial charge in [-0.1, -0.05) is 47.5 Å². The van der Waals surface area contributed by atoms with Gasteiger partial charge >= 0.3 is 0 Å². The highest BCUT2D eigenvalue weighted by molar-refractivity contribution is 6.30. The Kier molecular flexibility index (Phi) is 7.33. The lowest BCUT2D eigenvalue weighted by atomic mass is 10.1. The lowest BCUT2D eigenvalue weighted by Crippen LogP contribution is -2.50. The van der Waals surface area contributed by atoms with Crippen molar-refractivity contribution >= 4 is 29.1 Å². The zero-order valence-corrected chi connectivity index (χ0v) is 19.4. The number of anilines is 1. The number of nitrogens with one attached hydrogen (secondary N) is 1. The Morgan fingerprint density at radius 3 is 2.56 bits per heavy atom. The molecule has 170 valence electrons. The van der Waals surface area contributed by atoms with E-state index < -0.39 is 0 Å². The van der Waals surface area contributed by atoms with Gasteiger partial charge in [0, 0.05) is 62.9 Å². The van der Waals surface area contributed by atoms with Crippen molar-refractivity contribution in [2.75, 3.05) is 44.2 Å². The van der Waals surface area contributed by atoms with Gasteiger partial charge in [0.1, 0.15) is 6.04 Å². The van der Waals surface area contributed by atoms with Crippen LogP contribution in [0.15, 0.2) is 48.5 Å². The molecule has 1 atom stereocenters. The van der Waals surface area contributed by atoms with E-state index in [0.717, 1.165) is 49.0 Å². The average molecular weight is 455 g/mol. The number of carbonyl (C=O) groups is 2. The maximum Gasteiger partial charge on any atom is 0.242 e. The summed E-state index contributed by atoms with van der Waals surface area (Å²) in [5.74, 6) is 0.0170. The van der Waals surface area contributed by atoms with E-state index in [9.17, 15) is 9.59 Å². The van der Waals surface area contributed by atoms with E-state index in [1.807, 2.05) is 49.4 Å². The van der Waals surface area contributed by atoms with Crippen LogP contribution in [0.4, 0.5) is 5.69 Å². The summed E-state index contributed by atoms with van der Waals surface area (Å²) in [6.07, 6.45) is 1.03. The van der Waals surface area contributed by atoms with E-state index in [0.29, 0.717) is 25.9 Å². The Morgan fingerprint density at radius 2 is 1.84 bits per heavy atom. The maximum atomic E-state index is 12.8. The summed E-state index contributed by atoms with van der Waals surface area (Å²) in [6.45, 7) is 7.72. The normalized spacial score (nSPS) is 19.4. The van der Waals surface area contributed by atoms with Crippen LogP contribution in [-0.2, 0) is 16.1 Å². The molecule has 2 saturated heterocycles. The van der Waals surface area contributed by atoms with E-state index in [-0.39, 0.29) is 17.9 Å². The molecule has 7 heteroatoms. The van der Waals surface area contributed by atoms with Crippen LogP contribution in [0.2, 0.25) is 5.02 Å². The first-order valence-corrected chi connectivity index (χ1v) is 11.7. The third kappa shape index (κ3) is 5.61. The Labute approximate surface area is 195 Å². The minimum Gasteiger partial charge on any atom is -0.369 e. The van der Waals surface area contributed by atoms with Crippen molar-refractivity contribution in [3.63, 3.8) is 0 Å². The number of aryl methyl sites for hydroxylation is 1. The van der Waals surface area contributed by atoms with E-state index in [4.69, 9.17) is 11.6 Å². The van der Waals surface area contributed by atoms with Gasteiger partial charge in [-0.15, -0.1) is 0 Å². The fourth-order valence-electron chi connectivity index (χ4n) is 4.45. The first-order valence-electron chi connectivity index (χ1n) is 11.4. The number of hydrogen-bond acceptors (Lipinski definition) is 4. The van der Waals surface area contributed by atoms with Crippen molar-refractivity contribution in [2.24, 2.45) is 0 Å². The molecule has 2 aromatic rings. The highest BCUT2D eigenvalue weighted by Gasteiger charge is 2.35. The molecule has 2 aliphatic heterocycles. The van der Waals surface area contributed by atoms with Crippen molar-refractivity contribution in [1.29, 1.82) is 0 Å². The number of halogens is 1. The minimum atomic E-state index is -0.372. The van der Waals surface area contributed by atoms with Gasteiger partial charge in [-0.2, -0.15) is 0 Å². The molecule has 0 spiro atoms. The Morgan fingerprint density at radius 1 is 1.09 bits per heavy atom. The maximum absolute atomic E-state index is 12.8. The summed E-state index contributed by atoms with van der Waals surface area (Å²) in [4.78, 5) is 31.6. The molecule has 0 radical (unpaired) electrons. The predicted molar refractivity (Wildman–Crippen MR) is 128 cm³/mol. The molecule has 1 N–H and O–H groups in total. The number of piperazine rings is 1. The minimum absolute atomic E-state index is 0.0412. The van der Waals surface area contributed by atoms with Crippen LogP contribution >= 0.6 is 11.6 Å². The Bertz CT molecular complexity index is 941. The predicted octanol–water partition coefficient (Wildman–Crippen LogP) is 3.08. The summed E-state index contributed by atoms with van der Waals surface area (Å²) in [5, 5.41) is 3.82. The molecular formula is C25H31ClN4O2. The highest BCUT2D eigenvalue weighted by atomic mass is 35.5. The zero-order valence-electron chi connectivity index (χ0n) is 18.6. The quantitative estimate of drug-likeness (QED) is 0.698. The summed E-state index contributed by atoms with van der Waals surface area (Å²) >= 11 is 6.11. The topological polar surface area (TPSA) is 55.9 Å². The molecule has 2 aliphatic rings. The Balaban J connectivity index is 1.22. The molecule has 32 heavy (non-hydrogen) atoms. The highest BCUT2D eigenvalue weighted by Crippen LogP contribution is 2.22. The number of benzene rings is 2. The summed E-state index contributed by atoms with van der Waals surface area (Å²) in [5.41, 5.74) is 3.40. The van der Waals surface area contributed by atoms with Crippen LogP contribution in [0.3, 0.4) is 0 Å². The lowest BCUT2D eigenvalue weighted by Gasteiger charge is -2.36. The van der Waals surface area contributed by atoms with Crippen molar-refractivity contribution in [3.05, 3.63) is 64.7 Å². The fourth-order valence-corrected chi connectivity index (χ4v) is 4.64. The van der Waals surface area contributed by atoms with E-state index >= 15 is 0 Å². The third-order valence-electron chi connectivity index (χ3n) is 6.38. The molecule has 2 heterocycles. The average Bonchev–Trinajstić information content (AvgIpc) is 3.16.